The molecule has 0 fully saturated rings. The van der Waals surface area contributed by atoms with Crippen molar-refractivity contribution in [3.8, 4) is 0 Å². The highest BCUT2D eigenvalue weighted by Gasteiger charge is 2.19. The van der Waals surface area contributed by atoms with Crippen LogP contribution in [0.5, 0.6) is 0 Å². The summed E-state index contributed by atoms with van der Waals surface area (Å²) in [7, 11) is -7.26. The summed E-state index contributed by atoms with van der Waals surface area (Å²) in [5.74, 6) is -1.16. The summed E-state index contributed by atoms with van der Waals surface area (Å²) < 4.78 is 65.0. The van der Waals surface area contributed by atoms with Crippen LogP contribution in [0.4, 0.5) is 10.1 Å². The Labute approximate surface area is 154 Å². The summed E-state index contributed by atoms with van der Waals surface area (Å²) in [5, 5.41) is 0. The zero-order valence-electron chi connectivity index (χ0n) is 13.6. The summed E-state index contributed by atoms with van der Waals surface area (Å²) >= 11 is 0.981. The third-order valence-electron chi connectivity index (χ3n) is 3.59. The van der Waals surface area contributed by atoms with Gasteiger partial charge < -0.3 is 0 Å². The molecular weight excluding hydrogens is 399 g/mol. The zero-order chi connectivity index (χ0) is 18.9. The van der Waals surface area contributed by atoms with Crippen LogP contribution >= 0.6 is 11.3 Å². The van der Waals surface area contributed by atoms with Crippen LogP contribution in [0.25, 0.3) is 10.2 Å². The van der Waals surface area contributed by atoms with E-state index in [-0.39, 0.29) is 21.3 Å². The molecule has 0 saturated carbocycles. The first-order valence-corrected chi connectivity index (χ1v) is 11.7. The molecule has 0 aliphatic rings. The maximum Gasteiger partial charge on any atom is 0.237 e. The zero-order valence-corrected chi connectivity index (χ0v) is 16.1. The van der Waals surface area contributed by atoms with Crippen molar-refractivity contribution in [2.45, 2.75) is 17.0 Å². The van der Waals surface area contributed by atoms with Gasteiger partial charge in [-0.1, -0.05) is 25.1 Å². The van der Waals surface area contributed by atoms with E-state index in [0.717, 1.165) is 11.3 Å². The van der Waals surface area contributed by atoms with E-state index in [2.05, 4.69) is 9.71 Å². The maximum atomic E-state index is 13.7. The predicted octanol–water partition coefficient (Wildman–Crippen LogP) is 3.17. The molecule has 0 saturated heterocycles. The fourth-order valence-electron chi connectivity index (χ4n) is 2.26. The van der Waals surface area contributed by atoms with Gasteiger partial charge >= 0.3 is 0 Å². The number of halogens is 1. The molecule has 3 aromatic rings. The average molecular weight is 415 g/mol. The first kappa shape index (κ1) is 18.7. The highest BCUT2D eigenvalue weighted by Crippen LogP contribution is 2.29. The van der Waals surface area contributed by atoms with Gasteiger partial charge in [-0.25, -0.2) is 26.2 Å². The predicted molar refractivity (Wildman–Crippen MR) is 100.0 cm³/mol. The molecule has 0 atom stereocenters. The first-order chi connectivity index (χ1) is 12.2. The number of benzene rings is 2. The third kappa shape index (κ3) is 4.02. The largest absolute Gasteiger partial charge is 0.283 e. The van der Waals surface area contributed by atoms with Gasteiger partial charge in [0.25, 0.3) is 0 Å². The number of sulfonamides is 1. The summed E-state index contributed by atoms with van der Waals surface area (Å²) in [5.41, 5.74) is 0.798. The van der Waals surface area contributed by atoms with E-state index in [4.69, 9.17) is 0 Å². The summed E-state index contributed by atoms with van der Waals surface area (Å²) in [6.45, 7) is 1.53. The fraction of sp³-hybridized carbons (Fsp3) is 0.188. The highest BCUT2D eigenvalue weighted by molar-refractivity contribution is 7.93. The first-order valence-electron chi connectivity index (χ1n) is 7.57. The molecule has 10 heteroatoms. The van der Waals surface area contributed by atoms with Gasteiger partial charge in [-0.2, -0.15) is 0 Å². The Bertz CT molecular complexity index is 1170. The molecule has 0 bridgehead atoms. The number of nitrogens with one attached hydrogen (secondary N) is 1. The maximum absolute atomic E-state index is 13.7. The van der Waals surface area contributed by atoms with E-state index in [1.807, 2.05) is 0 Å². The second-order valence-electron chi connectivity index (χ2n) is 5.52. The molecule has 138 valence electrons. The van der Waals surface area contributed by atoms with Crippen LogP contribution in [0.2, 0.25) is 0 Å². The summed E-state index contributed by atoms with van der Waals surface area (Å²) in [4.78, 5) is 4.08. The number of nitrogens with zero attached hydrogens (tertiary/aromatic N) is 1. The molecule has 0 radical (unpaired) electrons. The lowest BCUT2D eigenvalue weighted by molar-refractivity contribution is 0.591. The molecule has 2 aromatic carbocycles. The number of thiazole rings is 1. The molecule has 1 N–H and O–H groups in total. The van der Waals surface area contributed by atoms with Crippen molar-refractivity contribution in [3.63, 3.8) is 0 Å². The van der Waals surface area contributed by atoms with Crippen molar-refractivity contribution in [2.24, 2.45) is 0 Å². The molecule has 1 aromatic heterocycles. The lowest BCUT2D eigenvalue weighted by atomic mass is 10.2. The number of hydrogen-bond acceptors (Lipinski definition) is 6. The minimum Gasteiger partial charge on any atom is -0.283 e. The van der Waals surface area contributed by atoms with E-state index in [0.29, 0.717) is 10.2 Å². The number of hydrogen-bond donors (Lipinski definition) is 1. The van der Waals surface area contributed by atoms with Crippen LogP contribution in [0.15, 0.2) is 46.8 Å². The Balaban J connectivity index is 1.87. The number of anilines is 1. The van der Waals surface area contributed by atoms with Crippen molar-refractivity contribution in [2.75, 3.05) is 10.5 Å². The standard InChI is InChI=1S/C16H15FN2O4S3/c1-2-25(20,21)16-18-14-8-7-12(9-15(14)24-16)19-26(22,23)10-11-5-3-4-6-13(11)17/h3-9,19H,2,10H2,1H3. The van der Waals surface area contributed by atoms with Crippen molar-refractivity contribution in [3.05, 3.63) is 53.8 Å². The van der Waals surface area contributed by atoms with Crippen LogP contribution in [0.3, 0.4) is 0 Å². The number of aromatic nitrogens is 1. The van der Waals surface area contributed by atoms with E-state index < -0.39 is 31.4 Å². The Hall–Kier alpha value is -2.04. The summed E-state index contributed by atoms with van der Waals surface area (Å²) in [6, 6.07) is 10.2. The number of rotatable bonds is 6. The third-order valence-corrected chi connectivity index (χ3v) is 8.04. The molecule has 3 rings (SSSR count). The van der Waals surface area contributed by atoms with E-state index in [1.54, 1.807) is 12.1 Å². The van der Waals surface area contributed by atoms with Gasteiger partial charge in [0, 0.05) is 5.56 Å². The van der Waals surface area contributed by atoms with Crippen LogP contribution in [0.1, 0.15) is 12.5 Å². The van der Waals surface area contributed by atoms with Crippen molar-refractivity contribution in [1.29, 1.82) is 0 Å². The minimum atomic E-state index is -3.83. The van der Waals surface area contributed by atoms with Crippen LogP contribution in [0, 0.1) is 5.82 Å². The second kappa shape index (κ2) is 6.93. The minimum absolute atomic E-state index is 0.00126. The molecule has 0 spiro atoms. The SMILES string of the molecule is CCS(=O)(=O)c1nc2ccc(NS(=O)(=O)Cc3ccccc3F)cc2s1. The molecule has 0 unspecified atom stereocenters. The van der Waals surface area contributed by atoms with Crippen LogP contribution in [-0.4, -0.2) is 27.6 Å². The van der Waals surface area contributed by atoms with Gasteiger partial charge in [0.05, 0.1) is 27.4 Å². The molecule has 0 amide bonds. The van der Waals surface area contributed by atoms with E-state index in [9.17, 15) is 21.2 Å². The average Bonchev–Trinajstić information content (AvgIpc) is 3.00. The van der Waals surface area contributed by atoms with Crippen molar-refractivity contribution >= 4 is 47.1 Å². The molecular formula is C16H15FN2O4S3. The van der Waals surface area contributed by atoms with Gasteiger partial charge in [-0.05, 0) is 24.3 Å². The Kier molecular flexibility index (Phi) is 5.00. The number of fused-ring (bicyclic) bond motifs is 1. The Morgan fingerprint density at radius 2 is 1.85 bits per heavy atom. The van der Waals surface area contributed by atoms with Crippen molar-refractivity contribution in [1.82, 2.24) is 4.98 Å². The quantitative estimate of drug-likeness (QED) is 0.669. The number of sulfone groups is 1. The molecule has 26 heavy (non-hydrogen) atoms. The summed E-state index contributed by atoms with van der Waals surface area (Å²) in [6.07, 6.45) is 0. The Morgan fingerprint density at radius 3 is 2.54 bits per heavy atom. The topological polar surface area (TPSA) is 93.2 Å². The monoisotopic (exact) mass is 414 g/mol. The normalized spacial score (nSPS) is 12.4. The molecule has 0 aliphatic carbocycles. The van der Waals surface area contributed by atoms with Crippen LogP contribution < -0.4 is 4.72 Å². The van der Waals surface area contributed by atoms with Gasteiger partial charge in [0.15, 0.2) is 0 Å². The van der Waals surface area contributed by atoms with Gasteiger partial charge in [-0.15, -0.1) is 11.3 Å². The van der Waals surface area contributed by atoms with Gasteiger partial charge in [0.2, 0.25) is 24.2 Å². The van der Waals surface area contributed by atoms with Gasteiger partial charge in [-0.3, -0.25) is 4.72 Å². The highest BCUT2D eigenvalue weighted by atomic mass is 32.2. The molecule has 1 heterocycles. The van der Waals surface area contributed by atoms with Crippen molar-refractivity contribution < 1.29 is 21.2 Å². The van der Waals surface area contributed by atoms with Gasteiger partial charge in [0.1, 0.15) is 5.82 Å². The lowest BCUT2D eigenvalue weighted by Gasteiger charge is -2.08. The fourth-order valence-corrected chi connectivity index (χ4v) is 5.81. The van der Waals surface area contributed by atoms with E-state index in [1.165, 1.54) is 37.3 Å². The smallest absolute Gasteiger partial charge is 0.237 e. The lowest BCUT2D eigenvalue weighted by Crippen LogP contribution is -2.15. The molecule has 0 aliphatic heterocycles. The second-order valence-corrected chi connectivity index (χ2v) is 10.7. The van der Waals surface area contributed by atoms with E-state index >= 15 is 0 Å². The molecule has 6 nitrogen and oxygen atoms in total. The van der Waals surface area contributed by atoms with Crippen LogP contribution in [-0.2, 0) is 25.6 Å². The Morgan fingerprint density at radius 1 is 1.12 bits per heavy atom.